The number of ketones is 2. The molecule has 0 radical (unpaired) electrons. The molecule has 1 aromatic carbocycles. The molecule has 0 bridgehead atoms. The molecule has 214 valence electrons. The van der Waals surface area contributed by atoms with Gasteiger partial charge >= 0.3 is 6.18 Å². The number of hydrogen-bond donors (Lipinski definition) is 1. The van der Waals surface area contributed by atoms with Crippen molar-refractivity contribution >= 4 is 11.6 Å². The lowest BCUT2D eigenvalue weighted by molar-refractivity contribution is -0.138. The Labute approximate surface area is 223 Å². The van der Waals surface area contributed by atoms with Gasteiger partial charge in [-0.15, -0.1) is 0 Å². The zero-order valence-corrected chi connectivity index (χ0v) is 22.7. The highest BCUT2D eigenvalue weighted by molar-refractivity contribution is 5.84. The fourth-order valence-corrected chi connectivity index (χ4v) is 5.96. The van der Waals surface area contributed by atoms with Crippen LogP contribution in [-0.4, -0.2) is 24.2 Å². The number of nitrogens with one attached hydrogen (secondary N) is 1. The van der Waals surface area contributed by atoms with Crippen LogP contribution < -0.4 is 5.32 Å². The first-order valence-electron chi connectivity index (χ1n) is 14.2. The molecular formula is C30H42F5NO2. The Morgan fingerprint density at radius 1 is 0.974 bits per heavy atom. The van der Waals surface area contributed by atoms with E-state index in [4.69, 9.17) is 0 Å². The van der Waals surface area contributed by atoms with Crippen LogP contribution in [-0.2, 0) is 28.1 Å². The number of alkyl halides is 5. The van der Waals surface area contributed by atoms with Crippen LogP contribution in [0.1, 0.15) is 114 Å². The molecule has 1 saturated carbocycles. The summed E-state index contributed by atoms with van der Waals surface area (Å²) in [5.41, 5.74) is -1.63. The molecule has 38 heavy (non-hydrogen) atoms. The zero-order valence-electron chi connectivity index (χ0n) is 22.7. The number of carbonyl (C=O) groups excluding carboxylic acids is 2. The molecule has 1 N–H and O–H groups in total. The quantitative estimate of drug-likeness (QED) is 0.271. The van der Waals surface area contributed by atoms with Crippen molar-refractivity contribution in [2.75, 3.05) is 6.54 Å². The van der Waals surface area contributed by atoms with E-state index in [1.54, 1.807) is 0 Å². The third-order valence-electron chi connectivity index (χ3n) is 8.54. The predicted octanol–water partition coefficient (Wildman–Crippen LogP) is 8.18. The summed E-state index contributed by atoms with van der Waals surface area (Å²) in [5, 5.41) is 3.32. The monoisotopic (exact) mass is 543 g/mol. The number of Topliss-reactive ketones (excluding diaryl/α,β-unsaturated/α-hetero) is 2. The van der Waals surface area contributed by atoms with E-state index in [1.165, 1.54) is 6.92 Å². The van der Waals surface area contributed by atoms with Gasteiger partial charge in [-0.3, -0.25) is 9.59 Å². The SMILES string of the molecule is CCC(F)(F)c1cc(CCCC(=O)CC2(C)CCC(CCC(=O)[C@@H]3CCCCN3)CC2)cc(C(F)(F)F)c1. The predicted molar refractivity (Wildman–Crippen MR) is 138 cm³/mol. The summed E-state index contributed by atoms with van der Waals surface area (Å²) in [4.78, 5) is 25.2. The van der Waals surface area contributed by atoms with Gasteiger partial charge in [0.05, 0.1) is 11.6 Å². The van der Waals surface area contributed by atoms with Gasteiger partial charge in [-0.25, -0.2) is 8.78 Å². The van der Waals surface area contributed by atoms with Crippen molar-refractivity contribution in [1.29, 1.82) is 0 Å². The molecule has 1 aliphatic heterocycles. The highest BCUT2D eigenvalue weighted by Gasteiger charge is 2.36. The Morgan fingerprint density at radius 2 is 1.66 bits per heavy atom. The molecule has 2 aliphatic rings. The Kier molecular flexibility index (Phi) is 10.5. The Bertz CT molecular complexity index is 944. The highest BCUT2D eigenvalue weighted by Crippen LogP contribution is 2.43. The number of rotatable bonds is 12. The van der Waals surface area contributed by atoms with Crippen molar-refractivity contribution in [2.24, 2.45) is 11.3 Å². The second-order valence-electron chi connectivity index (χ2n) is 11.8. The maximum atomic E-state index is 14.1. The molecule has 3 rings (SSSR count). The van der Waals surface area contributed by atoms with Crippen molar-refractivity contribution in [3.63, 3.8) is 0 Å². The highest BCUT2D eigenvalue weighted by atomic mass is 19.4. The summed E-state index contributed by atoms with van der Waals surface area (Å²) in [6.45, 7) is 4.27. The maximum absolute atomic E-state index is 14.1. The summed E-state index contributed by atoms with van der Waals surface area (Å²) in [7, 11) is 0. The first kappa shape index (κ1) is 30.7. The summed E-state index contributed by atoms with van der Waals surface area (Å²) in [6.07, 6.45) is 4.33. The second-order valence-corrected chi connectivity index (χ2v) is 11.8. The van der Waals surface area contributed by atoms with Crippen molar-refractivity contribution in [2.45, 2.75) is 122 Å². The standard InChI is InChI=1S/C30H42F5NO2/c1-3-29(31,32)23-17-22(18-24(19-23)30(33,34)35)7-6-8-25(37)20-28(2)14-12-21(13-15-28)10-11-27(38)26-9-4-5-16-36-26/h17-19,21,26,36H,3-16,20H2,1-2H3/t21?,26-,28?/m0/s1. The van der Waals surface area contributed by atoms with Crippen LogP contribution in [0.25, 0.3) is 0 Å². The van der Waals surface area contributed by atoms with Crippen molar-refractivity contribution in [1.82, 2.24) is 5.32 Å². The average molecular weight is 544 g/mol. The van der Waals surface area contributed by atoms with E-state index in [0.29, 0.717) is 37.0 Å². The van der Waals surface area contributed by atoms with Crippen LogP contribution in [0.4, 0.5) is 22.0 Å². The van der Waals surface area contributed by atoms with Crippen LogP contribution in [0.2, 0.25) is 0 Å². The van der Waals surface area contributed by atoms with Gasteiger partial charge in [0.25, 0.3) is 5.92 Å². The third-order valence-corrected chi connectivity index (χ3v) is 8.54. The fraction of sp³-hybridized carbons (Fsp3) is 0.733. The minimum atomic E-state index is -4.71. The van der Waals surface area contributed by atoms with E-state index in [0.717, 1.165) is 70.0 Å². The number of aryl methyl sites for hydroxylation is 1. The Balaban J connectivity index is 1.44. The average Bonchev–Trinajstić information content (AvgIpc) is 2.88. The van der Waals surface area contributed by atoms with E-state index in [1.807, 2.05) is 0 Å². The van der Waals surface area contributed by atoms with Crippen molar-refractivity contribution in [3.8, 4) is 0 Å². The van der Waals surface area contributed by atoms with E-state index in [9.17, 15) is 31.5 Å². The lowest BCUT2D eigenvalue weighted by atomic mass is 9.68. The van der Waals surface area contributed by atoms with E-state index in [-0.39, 0.29) is 35.6 Å². The lowest BCUT2D eigenvalue weighted by Crippen LogP contribution is -2.40. The van der Waals surface area contributed by atoms with Gasteiger partial charge in [0.2, 0.25) is 0 Å². The smallest absolute Gasteiger partial charge is 0.307 e. The minimum absolute atomic E-state index is 0.0147. The molecule has 1 heterocycles. The second kappa shape index (κ2) is 13.0. The largest absolute Gasteiger partial charge is 0.416 e. The Hall–Kier alpha value is -1.83. The third kappa shape index (κ3) is 8.85. The topological polar surface area (TPSA) is 46.2 Å². The van der Waals surface area contributed by atoms with Gasteiger partial charge in [0.1, 0.15) is 11.6 Å². The molecule has 3 nitrogen and oxygen atoms in total. The summed E-state index contributed by atoms with van der Waals surface area (Å²) >= 11 is 0. The first-order chi connectivity index (χ1) is 17.8. The van der Waals surface area contributed by atoms with Crippen molar-refractivity contribution < 1.29 is 31.5 Å². The van der Waals surface area contributed by atoms with Gasteiger partial charge in [0.15, 0.2) is 0 Å². The number of benzene rings is 1. The number of piperidine rings is 1. The van der Waals surface area contributed by atoms with Crippen LogP contribution in [0.3, 0.4) is 0 Å². The van der Waals surface area contributed by atoms with Gasteiger partial charge in [0, 0.05) is 31.2 Å². The number of carbonyl (C=O) groups is 2. The zero-order chi connectivity index (χ0) is 28.0. The van der Waals surface area contributed by atoms with E-state index >= 15 is 0 Å². The van der Waals surface area contributed by atoms with Gasteiger partial charge in [-0.2, -0.15) is 13.2 Å². The van der Waals surface area contributed by atoms with Crippen LogP contribution in [0.5, 0.6) is 0 Å². The molecular weight excluding hydrogens is 501 g/mol. The maximum Gasteiger partial charge on any atom is 0.416 e. The van der Waals surface area contributed by atoms with Gasteiger partial charge < -0.3 is 5.32 Å². The molecule has 0 amide bonds. The summed E-state index contributed by atoms with van der Waals surface area (Å²) < 4.78 is 68.1. The number of hydrogen-bond acceptors (Lipinski definition) is 3. The first-order valence-corrected chi connectivity index (χ1v) is 14.2. The molecule has 1 atom stereocenters. The molecule has 8 heteroatoms. The molecule has 0 aromatic heterocycles. The van der Waals surface area contributed by atoms with E-state index < -0.39 is 29.6 Å². The fourth-order valence-electron chi connectivity index (χ4n) is 5.96. The Morgan fingerprint density at radius 3 is 2.26 bits per heavy atom. The van der Waals surface area contributed by atoms with Gasteiger partial charge in [-0.05, 0) is 99.4 Å². The minimum Gasteiger partial charge on any atom is -0.307 e. The molecule has 0 unspecified atom stereocenters. The summed E-state index contributed by atoms with van der Waals surface area (Å²) in [6, 6.07) is 2.59. The molecule has 2 fully saturated rings. The van der Waals surface area contributed by atoms with E-state index in [2.05, 4.69) is 12.2 Å². The van der Waals surface area contributed by atoms with Crippen molar-refractivity contribution in [3.05, 3.63) is 34.9 Å². The lowest BCUT2D eigenvalue weighted by Gasteiger charge is -2.37. The molecule has 1 saturated heterocycles. The van der Waals surface area contributed by atoms with Gasteiger partial charge in [-0.1, -0.05) is 20.3 Å². The summed E-state index contributed by atoms with van der Waals surface area (Å²) in [5.74, 6) is -2.45. The molecule has 0 spiro atoms. The van der Waals surface area contributed by atoms with Crippen LogP contribution in [0.15, 0.2) is 18.2 Å². The normalized spacial score (nSPS) is 24.8. The number of halogens is 5. The van der Waals surface area contributed by atoms with Crippen LogP contribution in [0, 0.1) is 11.3 Å². The molecule has 1 aliphatic carbocycles. The van der Waals surface area contributed by atoms with Crippen LogP contribution >= 0.6 is 0 Å². The molecule has 1 aromatic rings.